The fourth-order valence-electron chi connectivity index (χ4n) is 4.51. The maximum Gasteiger partial charge on any atom is 0.141 e. The molecule has 1 saturated heterocycles. The van der Waals surface area contributed by atoms with Crippen LogP contribution in [0.15, 0.2) is 11.6 Å². The van der Waals surface area contributed by atoms with Gasteiger partial charge in [-0.25, -0.2) is 9.78 Å². The molecule has 1 saturated carbocycles. The molecule has 2 fully saturated rings. The van der Waals surface area contributed by atoms with Gasteiger partial charge in [0, 0.05) is 5.41 Å². The van der Waals surface area contributed by atoms with E-state index < -0.39 is 11.7 Å². The van der Waals surface area contributed by atoms with Crippen LogP contribution in [0.4, 0.5) is 0 Å². The van der Waals surface area contributed by atoms with E-state index in [-0.39, 0.29) is 11.5 Å². The third-order valence-electron chi connectivity index (χ3n) is 5.61. The Bertz CT molecular complexity index is 389. The van der Waals surface area contributed by atoms with Crippen molar-refractivity contribution in [2.75, 3.05) is 0 Å². The minimum atomic E-state index is -0.551. The monoisotopic (exact) mass is 252 g/mol. The first kappa shape index (κ1) is 12.6. The summed E-state index contributed by atoms with van der Waals surface area (Å²) in [5.41, 5.74) is 0.589. The normalized spacial score (nSPS) is 51.2. The Kier molecular flexibility index (Phi) is 2.68. The summed E-state index contributed by atoms with van der Waals surface area (Å²) in [6.07, 6.45) is 4.64. The molecular weight excluding hydrogens is 228 g/mol. The summed E-state index contributed by atoms with van der Waals surface area (Å²) in [6, 6.07) is 0. The molecule has 0 amide bonds. The highest BCUT2D eigenvalue weighted by Gasteiger charge is 2.67. The van der Waals surface area contributed by atoms with Crippen molar-refractivity contribution in [3.05, 3.63) is 11.6 Å². The SMILES string of the molecule is CC1=CC(O)C23OOC1CC2(C)CCC3C(C)C. The molecule has 0 aromatic carbocycles. The fourth-order valence-corrected chi connectivity index (χ4v) is 4.51. The molecule has 1 spiro atoms. The van der Waals surface area contributed by atoms with Crippen LogP contribution >= 0.6 is 0 Å². The lowest BCUT2D eigenvalue weighted by Gasteiger charge is -2.51. The van der Waals surface area contributed by atoms with Gasteiger partial charge in [0.15, 0.2) is 0 Å². The maximum absolute atomic E-state index is 10.7. The van der Waals surface area contributed by atoms with E-state index in [4.69, 9.17) is 9.78 Å². The van der Waals surface area contributed by atoms with Crippen LogP contribution in [0, 0.1) is 17.3 Å². The lowest BCUT2D eigenvalue weighted by molar-refractivity contribution is -0.445. The van der Waals surface area contributed by atoms with E-state index in [0.717, 1.165) is 24.8 Å². The topological polar surface area (TPSA) is 38.7 Å². The van der Waals surface area contributed by atoms with Gasteiger partial charge in [-0.3, -0.25) is 0 Å². The highest BCUT2D eigenvalue weighted by Crippen LogP contribution is 2.62. The quantitative estimate of drug-likeness (QED) is 0.576. The van der Waals surface area contributed by atoms with Gasteiger partial charge in [-0.1, -0.05) is 26.8 Å². The molecule has 3 heteroatoms. The van der Waals surface area contributed by atoms with Gasteiger partial charge >= 0.3 is 0 Å². The first-order valence-electron chi connectivity index (χ1n) is 7.11. The van der Waals surface area contributed by atoms with Crippen molar-refractivity contribution in [2.45, 2.75) is 64.8 Å². The lowest BCUT2D eigenvalue weighted by Crippen LogP contribution is -2.60. The van der Waals surface area contributed by atoms with E-state index in [1.54, 1.807) is 0 Å². The molecule has 5 atom stereocenters. The Balaban J connectivity index is 2.12. The highest BCUT2D eigenvalue weighted by atomic mass is 17.2. The van der Waals surface area contributed by atoms with Crippen molar-refractivity contribution in [3.8, 4) is 0 Å². The number of hydrogen-bond acceptors (Lipinski definition) is 3. The summed E-state index contributed by atoms with van der Waals surface area (Å²) in [5, 5.41) is 10.7. The van der Waals surface area contributed by atoms with Crippen LogP contribution in [0.3, 0.4) is 0 Å². The largest absolute Gasteiger partial charge is 0.386 e. The smallest absolute Gasteiger partial charge is 0.141 e. The molecule has 18 heavy (non-hydrogen) atoms. The fraction of sp³-hybridized carbons (Fsp3) is 0.867. The van der Waals surface area contributed by atoms with Gasteiger partial charge in [-0.05, 0) is 43.6 Å². The second-order valence-corrected chi connectivity index (χ2v) is 6.97. The molecule has 0 radical (unpaired) electrons. The molecule has 4 rings (SSSR count). The van der Waals surface area contributed by atoms with E-state index >= 15 is 0 Å². The molecular formula is C15H24O3. The molecule has 2 bridgehead atoms. The molecule has 102 valence electrons. The van der Waals surface area contributed by atoms with Crippen LogP contribution in [0.1, 0.15) is 47.0 Å². The van der Waals surface area contributed by atoms with E-state index in [9.17, 15) is 5.11 Å². The van der Waals surface area contributed by atoms with Crippen LogP contribution in [0.5, 0.6) is 0 Å². The second-order valence-electron chi connectivity index (χ2n) is 6.97. The Labute approximate surface area is 109 Å². The summed E-state index contributed by atoms with van der Waals surface area (Å²) in [4.78, 5) is 11.5. The summed E-state index contributed by atoms with van der Waals surface area (Å²) in [5.74, 6) is 0.856. The van der Waals surface area contributed by atoms with Crippen molar-refractivity contribution < 1.29 is 14.9 Å². The Morgan fingerprint density at radius 3 is 2.83 bits per heavy atom. The third-order valence-corrected chi connectivity index (χ3v) is 5.61. The van der Waals surface area contributed by atoms with Crippen LogP contribution < -0.4 is 0 Å². The zero-order valence-electron chi connectivity index (χ0n) is 11.8. The average molecular weight is 252 g/mol. The Morgan fingerprint density at radius 1 is 1.44 bits per heavy atom. The lowest BCUT2D eigenvalue weighted by atomic mass is 9.65. The molecule has 2 aliphatic carbocycles. The van der Waals surface area contributed by atoms with Crippen LogP contribution in [0.2, 0.25) is 0 Å². The molecule has 0 aromatic heterocycles. The molecule has 0 aromatic rings. The average Bonchev–Trinajstić information content (AvgIpc) is 2.52. The van der Waals surface area contributed by atoms with Gasteiger partial charge in [-0.15, -0.1) is 0 Å². The van der Waals surface area contributed by atoms with Crippen LogP contribution in [-0.2, 0) is 9.78 Å². The van der Waals surface area contributed by atoms with Gasteiger partial charge in [0.25, 0.3) is 0 Å². The highest BCUT2D eigenvalue weighted by molar-refractivity contribution is 5.25. The molecule has 2 heterocycles. The van der Waals surface area contributed by atoms with E-state index in [2.05, 4.69) is 20.8 Å². The molecule has 3 nitrogen and oxygen atoms in total. The number of fused-ring (bicyclic) bond motifs is 2. The summed E-state index contributed by atoms with van der Waals surface area (Å²) < 4.78 is 0. The van der Waals surface area contributed by atoms with Crippen molar-refractivity contribution in [1.82, 2.24) is 0 Å². The van der Waals surface area contributed by atoms with Crippen molar-refractivity contribution in [3.63, 3.8) is 0 Å². The molecule has 4 aliphatic rings. The third kappa shape index (κ3) is 1.36. The van der Waals surface area contributed by atoms with Gasteiger partial charge < -0.3 is 5.11 Å². The van der Waals surface area contributed by atoms with E-state index in [0.29, 0.717) is 11.8 Å². The minimum Gasteiger partial charge on any atom is -0.386 e. The number of hydrogen-bond donors (Lipinski definition) is 1. The molecule has 5 unspecified atom stereocenters. The predicted molar refractivity (Wildman–Crippen MR) is 68.7 cm³/mol. The van der Waals surface area contributed by atoms with Crippen molar-refractivity contribution >= 4 is 0 Å². The minimum absolute atomic E-state index is 0.0196. The first-order chi connectivity index (χ1) is 8.41. The maximum atomic E-state index is 10.7. The molecule has 2 aliphatic heterocycles. The number of aliphatic hydroxyl groups is 1. The van der Waals surface area contributed by atoms with Crippen LogP contribution in [-0.4, -0.2) is 22.9 Å². The number of aliphatic hydroxyl groups excluding tert-OH is 1. The van der Waals surface area contributed by atoms with Crippen molar-refractivity contribution in [1.29, 1.82) is 0 Å². The predicted octanol–water partition coefficient (Wildman–Crippen LogP) is 2.84. The standard InChI is InChI=1S/C15H24O3/c1-9(2)11-5-6-14(4)8-12-10(3)7-13(16)15(11,14)18-17-12/h7,9,11-13,16H,5-6,8H2,1-4H3. The summed E-state index contributed by atoms with van der Waals surface area (Å²) in [6.45, 7) is 8.73. The van der Waals surface area contributed by atoms with E-state index in [1.165, 1.54) is 0 Å². The molecule has 1 N–H and O–H groups in total. The number of rotatable bonds is 1. The van der Waals surface area contributed by atoms with Gasteiger partial charge in [0.2, 0.25) is 0 Å². The van der Waals surface area contributed by atoms with Crippen molar-refractivity contribution in [2.24, 2.45) is 17.3 Å². The first-order valence-corrected chi connectivity index (χ1v) is 7.11. The van der Waals surface area contributed by atoms with E-state index in [1.807, 2.05) is 13.0 Å². The Hall–Kier alpha value is -0.380. The Morgan fingerprint density at radius 2 is 2.17 bits per heavy atom. The zero-order valence-corrected chi connectivity index (χ0v) is 11.8. The second kappa shape index (κ2) is 3.81. The van der Waals surface area contributed by atoms with Gasteiger partial charge in [-0.2, -0.15) is 0 Å². The summed E-state index contributed by atoms with van der Waals surface area (Å²) in [7, 11) is 0. The summed E-state index contributed by atoms with van der Waals surface area (Å²) >= 11 is 0. The van der Waals surface area contributed by atoms with Gasteiger partial charge in [0.05, 0.1) is 0 Å². The zero-order chi connectivity index (χ0) is 13.1. The van der Waals surface area contributed by atoms with Gasteiger partial charge in [0.1, 0.15) is 17.8 Å². The van der Waals surface area contributed by atoms with Crippen LogP contribution in [0.25, 0.3) is 0 Å².